The fourth-order valence-corrected chi connectivity index (χ4v) is 0.919. The van der Waals surface area contributed by atoms with Crippen molar-refractivity contribution in [3.63, 3.8) is 0 Å². The monoisotopic (exact) mass is 236 g/mol. The van der Waals surface area contributed by atoms with Crippen molar-refractivity contribution in [1.29, 1.82) is 0 Å². The van der Waals surface area contributed by atoms with Crippen LogP contribution in [0.3, 0.4) is 0 Å². The molecule has 0 aliphatic heterocycles. The van der Waals surface area contributed by atoms with Gasteiger partial charge in [0.2, 0.25) is 0 Å². The summed E-state index contributed by atoms with van der Waals surface area (Å²) in [7, 11) is 0. The standard InChI is InChI=1S/C8H16O3.C2H4O3/c1-2-3-4-5-6-7-8(9)11-10;1-2(3)5-4/h10H,2-7H2,1H3;4H,1H3. The first-order chi connectivity index (χ1) is 7.58. The Morgan fingerprint density at radius 3 is 1.88 bits per heavy atom. The Bertz CT molecular complexity index is 180. The summed E-state index contributed by atoms with van der Waals surface area (Å²) in [6, 6.07) is 0. The highest BCUT2D eigenvalue weighted by molar-refractivity contribution is 5.68. The number of carbonyl (C=O) groups is 2. The van der Waals surface area contributed by atoms with Crippen LogP contribution in [0, 0.1) is 0 Å². The highest BCUT2D eigenvalue weighted by atomic mass is 17.1. The summed E-state index contributed by atoms with van der Waals surface area (Å²) < 4.78 is 0. The molecule has 0 fully saturated rings. The van der Waals surface area contributed by atoms with Crippen LogP contribution >= 0.6 is 0 Å². The van der Waals surface area contributed by atoms with Gasteiger partial charge in [0.15, 0.2) is 0 Å². The lowest BCUT2D eigenvalue weighted by Gasteiger charge is -1.96. The van der Waals surface area contributed by atoms with Crippen molar-refractivity contribution in [2.45, 2.75) is 52.4 Å². The molecule has 0 amide bonds. The average molecular weight is 236 g/mol. The van der Waals surface area contributed by atoms with E-state index in [4.69, 9.17) is 10.5 Å². The highest BCUT2D eigenvalue weighted by Crippen LogP contribution is 2.04. The molecule has 0 aromatic rings. The highest BCUT2D eigenvalue weighted by Gasteiger charge is 1.99. The number of rotatable bonds is 6. The van der Waals surface area contributed by atoms with Gasteiger partial charge in [-0.15, -0.1) is 0 Å². The van der Waals surface area contributed by atoms with Gasteiger partial charge in [-0.25, -0.2) is 9.59 Å². The summed E-state index contributed by atoms with van der Waals surface area (Å²) in [5.74, 6) is -1.22. The lowest BCUT2D eigenvalue weighted by molar-refractivity contribution is -0.234. The van der Waals surface area contributed by atoms with Crippen LogP contribution < -0.4 is 0 Å². The van der Waals surface area contributed by atoms with Crippen molar-refractivity contribution in [2.75, 3.05) is 0 Å². The largest absolute Gasteiger partial charge is 0.342 e. The molecule has 0 aromatic carbocycles. The first-order valence-electron chi connectivity index (χ1n) is 5.24. The predicted octanol–water partition coefficient (Wildman–Crippen LogP) is 2.39. The summed E-state index contributed by atoms with van der Waals surface area (Å²) in [5.41, 5.74) is 0. The third-order valence-corrected chi connectivity index (χ3v) is 1.71. The number of hydrogen-bond acceptors (Lipinski definition) is 6. The minimum Gasteiger partial charge on any atom is -0.301 e. The molecule has 2 N–H and O–H groups in total. The zero-order valence-corrected chi connectivity index (χ0v) is 9.77. The van der Waals surface area contributed by atoms with E-state index in [0.29, 0.717) is 6.42 Å². The normalized spacial score (nSPS) is 8.75. The zero-order chi connectivity index (χ0) is 12.8. The summed E-state index contributed by atoms with van der Waals surface area (Å²) in [5, 5.41) is 15.2. The van der Waals surface area contributed by atoms with Crippen LogP contribution in [0.25, 0.3) is 0 Å². The van der Waals surface area contributed by atoms with Crippen LogP contribution in [0.2, 0.25) is 0 Å². The van der Waals surface area contributed by atoms with E-state index in [1.165, 1.54) is 12.8 Å². The van der Waals surface area contributed by atoms with Gasteiger partial charge in [0.05, 0.1) is 0 Å². The van der Waals surface area contributed by atoms with Crippen LogP contribution in [-0.4, -0.2) is 22.5 Å². The molecule has 16 heavy (non-hydrogen) atoms. The van der Waals surface area contributed by atoms with Crippen molar-refractivity contribution in [3.8, 4) is 0 Å². The Morgan fingerprint density at radius 2 is 1.50 bits per heavy atom. The van der Waals surface area contributed by atoms with Gasteiger partial charge in [-0.1, -0.05) is 32.6 Å². The van der Waals surface area contributed by atoms with Crippen LogP contribution in [0.5, 0.6) is 0 Å². The van der Waals surface area contributed by atoms with Crippen LogP contribution in [0.4, 0.5) is 0 Å². The van der Waals surface area contributed by atoms with Gasteiger partial charge in [0, 0.05) is 13.3 Å². The molecule has 0 spiro atoms. The molecule has 0 unspecified atom stereocenters. The molecular weight excluding hydrogens is 216 g/mol. The van der Waals surface area contributed by atoms with E-state index < -0.39 is 11.9 Å². The van der Waals surface area contributed by atoms with E-state index in [9.17, 15) is 9.59 Å². The quantitative estimate of drug-likeness (QED) is 0.418. The Labute approximate surface area is 95.0 Å². The van der Waals surface area contributed by atoms with Gasteiger partial charge in [0.25, 0.3) is 0 Å². The third kappa shape index (κ3) is 18.6. The first-order valence-corrected chi connectivity index (χ1v) is 5.24. The zero-order valence-electron chi connectivity index (χ0n) is 9.77. The molecule has 6 nitrogen and oxygen atoms in total. The van der Waals surface area contributed by atoms with Gasteiger partial charge in [-0.2, -0.15) is 10.5 Å². The second-order valence-corrected chi connectivity index (χ2v) is 3.21. The minimum absolute atomic E-state index is 0.334. The molecule has 6 heteroatoms. The summed E-state index contributed by atoms with van der Waals surface area (Å²) in [6.07, 6.45) is 5.77. The van der Waals surface area contributed by atoms with Gasteiger partial charge in [0.1, 0.15) is 0 Å². The molecule has 0 heterocycles. The molecule has 0 atom stereocenters. The van der Waals surface area contributed by atoms with E-state index in [2.05, 4.69) is 16.7 Å². The fraction of sp³-hybridized carbons (Fsp3) is 0.800. The van der Waals surface area contributed by atoms with E-state index >= 15 is 0 Å². The maximum atomic E-state index is 10.4. The van der Waals surface area contributed by atoms with Gasteiger partial charge < -0.3 is 9.78 Å². The first kappa shape index (κ1) is 17.3. The van der Waals surface area contributed by atoms with Crippen molar-refractivity contribution in [1.82, 2.24) is 0 Å². The van der Waals surface area contributed by atoms with Crippen LogP contribution in [0.15, 0.2) is 0 Å². The second kappa shape index (κ2) is 13.9. The van der Waals surface area contributed by atoms with Gasteiger partial charge in [-0.05, 0) is 6.42 Å². The molecule has 0 saturated carbocycles. The molecule has 0 radical (unpaired) electrons. The number of unbranched alkanes of at least 4 members (excludes halogenated alkanes) is 4. The van der Waals surface area contributed by atoms with Crippen LogP contribution in [-0.2, 0) is 19.4 Å². The molecule has 0 rings (SSSR count). The summed E-state index contributed by atoms with van der Waals surface area (Å²) in [6.45, 7) is 3.25. The van der Waals surface area contributed by atoms with Crippen molar-refractivity contribution >= 4 is 11.9 Å². The smallest absolute Gasteiger partial charge is 0.301 e. The Hall–Kier alpha value is -1.14. The van der Waals surface area contributed by atoms with E-state index in [1.54, 1.807) is 0 Å². The Morgan fingerprint density at radius 1 is 1.00 bits per heavy atom. The molecule has 0 saturated heterocycles. The molecule has 96 valence electrons. The number of hydrogen-bond donors (Lipinski definition) is 2. The van der Waals surface area contributed by atoms with E-state index in [0.717, 1.165) is 26.2 Å². The fourth-order valence-electron chi connectivity index (χ4n) is 0.919. The van der Waals surface area contributed by atoms with Crippen molar-refractivity contribution < 1.29 is 29.9 Å². The average Bonchev–Trinajstić information content (AvgIpc) is 2.29. The van der Waals surface area contributed by atoms with E-state index in [-0.39, 0.29) is 0 Å². The Kier molecular flexibility index (Phi) is 15.0. The lowest BCUT2D eigenvalue weighted by Crippen LogP contribution is -1.99. The summed E-state index contributed by atoms with van der Waals surface area (Å²) >= 11 is 0. The SMILES string of the molecule is CC(=O)OO.CCCCCCCC(=O)OO. The molecular formula is C10H20O6. The molecule has 0 aliphatic carbocycles. The lowest BCUT2D eigenvalue weighted by atomic mass is 10.1. The molecule has 0 aromatic heterocycles. The third-order valence-electron chi connectivity index (χ3n) is 1.71. The van der Waals surface area contributed by atoms with E-state index in [1.807, 2.05) is 0 Å². The summed E-state index contributed by atoms with van der Waals surface area (Å²) in [4.78, 5) is 26.3. The maximum absolute atomic E-state index is 10.4. The van der Waals surface area contributed by atoms with Gasteiger partial charge in [-0.3, -0.25) is 0 Å². The Balaban J connectivity index is 0. The minimum atomic E-state index is -0.690. The topological polar surface area (TPSA) is 93.1 Å². The van der Waals surface area contributed by atoms with Crippen molar-refractivity contribution in [2.24, 2.45) is 0 Å². The van der Waals surface area contributed by atoms with Crippen LogP contribution in [0.1, 0.15) is 52.4 Å². The number of carbonyl (C=O) groups excluding carboxylic acids is 2. The molecule has 0 bridgehead atoms. The maximum Gasteiger partial charge on any atom is 0.342 e. The predicted molar refractivity (Wildman–Crippen MR) is 56.5 cm³/mol. The van der Waals surface area contributed by atoms with Crippen molar-refractivity contribution in [3.05, 3.63) is 0 Å². The van der Waals surface area contributed by atoms with Gasteiger partial charge >= 0.3 is 11.9 Å². The molecule has 0 aliphatic rings. The second-order valence-electron chi connectivity index (χ2n) is 3.21.